The molecule has 0 fully saturated rings. The summed E-state index contributed by atoms with van der Waals surface area (Å²) in [5.41, 5.74) is 5.17. The molecular weight excluding hydrogens is 186 g/mol. The first kappa shape index (κ1) is 12.9. The summed E-state index contributed by atoms with van der Waals surface area (Å²) in [6, 6.07) is 0. The van der Waals surface area contributed by atoms with Crippen LogP contribution in [0.2, 0.25) is 0 Å². The van der Waals surface area contributed by atoms with E-state index in [1.807, 2.05) is 0 Å². The minimum atomic E-state index is -0.205. The van der Waals surface area contributed by atoms with E-state index >= 15 is 0 Å². The van der Waals surface area contributed by atoms with Crippen LogP contribution in [0.1, 0.15) is 6.92 Å². The first-order chi connectivity index (χ1) is 6.66. The summed E-state index contributed by atoms with van der Waals surface area (Å²) in [6.07, 6.45) is 0. The number of rotatable bonds is 7. The third-order valence-corrected chi connectivity index (χ3v) is 1.32. The van der Waals surface area contributed by atoms with Crippen molar-refractivity contribution in [2.24, 2.45) is 5.73 Å². The van der Waals surface area contributed by atoms with Crippen molar-refractivity contribution in [1.29, 1.82) is 0 Å². The van der Waals surface area contributed by atoms with E-state index < -0.39 is 0 Å². The Morgan fingerprint density at radius 3 is 2.50 bits per heavy atom. The first-order valence-electron chi connectivity index (χ1n) is 4.45. The van der Waals surface area contributed by atoms with Crippen molar-refractivity contribution >= 4 is 11.8 Å². The van der Waals surface area contributed by atoms with Crippen LogP contribution in [0.25, 0.3) is 0 Å². The van der Waals surface area contributed by atoms with Crippen LogP contribution < -0.4 is 16.4 Å². The molecule has 0 aliphatic carbocycles. The van der Waals surface area contributed by atoms with E-state index in [2.05, 4.69) is 10.6 Å². The van der Waals surface area contributed by atoms with Crippen LogP contribution in [-0.2, 0) is 14.3 Å². The highest BCUT2D eigenvalue weighted by Crippen LogP contribution is 1.73. The molecule has 0 saturated heterocycles. The second kappa shape index (κ2) is 8.46. The first-order valence-corrected chi connectivity index (χ1v) is 4.45. The fourth-order valence-electron chi connectivity index (χ4n) is 0.740. The minimum Gasteiger partial charge on any atom is -0.370 e. The quantitative estimate of drug-likeness (QED) is 0.426. The van der Waals surface area contributed by atoms with E-state index in [1.54, 1.807) is 0 Å². The SMILES string of the molecule is CC(=O)NCCNC(=O)COCCN. The molecule has 0 bridgehead atoms. The number of carbonyl (C=O) groups excluding carboxylic acids is 2. The molecule has 0 atom stereocenters. The molecule has 82 valence electrons. The van der Waals surface area contributed by atoms with Gasteiger partial charge in [-0.05, 0) is 0 Å². The van der Waals surface area contributed by atoms with Gasteiger partial charge < -0.3 is 21.1 Å². The summed E-state index contributed by atoms with van der Waals surface area (Å²) < 4.78 is 4.90. The maximum Gasteiger partial charge on any atom is 0.246 e. The Balaban J connectivity index is 3.22. The van der Waals surface area contributed by atoms with Crippen LogP contribution in [0.5, 0.6) is 0 Å². The molecule has 0 saturated carbocycles. The Bertz CT molecular complexity index is 185. The molecule has 0 aromatic heterocycles. The minimum absolute atomic E-state index is 0.0112. The molecule has 0 aliphatic heterocycles. The molecule has 0 aromatic carbocycles. The highest BCUT2D eigenvalue weighted by atomic mass is 16.5. The Kier molecular flexibility index (Phi) is 7.77. The molecule has 0 aromatic rings. The molecule has 0 heterocycles. The number of hydrogen-bond donors (Lipinski definition) is 3. The van der Waals surface area contributed by atoms with E-state index in [1.165, 1.54) is 6.92 Å². The third-order valence-electron chi connectivity index (χ3n) is 1.32. The van der Waals surface area contributed by atoms with Gasteiger partial charge in [0.15, 0.2) is 0 Å². The highest BCUT2D eigenvalue weighted by Gasteiger charge is 1.99. The van der Waals surface area contributed by atoms with Gasteiger partial charge in [-0.1, -0.05) is 0 Å². The summed E-state index contributed by atoms with van der Waals surface area (Å²) in [6.45, 7) is 3.05. The van der Waals surface area contributed by atoms with Crippen molar-refractivity contribution in [3.8, 4) is 0 Å². The summed E-state index contributed by atoms with van der Waals surface area (Å²) in [5.74, 6) is -0.317. The van der Waals surface area contributed by atoms with Gasteiger partial charge in [0.1, 0.15) is 6.61 Å². The van der Waals surface area contributed by atoms with E-state index in [0.717, 1.165) is 0 Å². The van der Waals surface area contributed by atoms with Crippen molar-refractivity contribution in [3.63, 3.8) is 0 Å². The van der Waals surface area contributed by atoms with Crippen molar-refractivity contribution in [2.75, 3.05) is 32.8 Å². The third kappa shape index (κ3) is 8.95. The predicted molar refractivity (Wildman–Crippen MR) is 51.6 cm³/mol. The van der Waals surface area contributed by atoms with Crippen molar-refractivity contribution in [1.82, 2.24) is 10.6 Å². The van der Waals surface area contributed by atoms with E-state index in [9.17, 15) is 9.59 Å². The fraction of sp³-hybridized carbons (Fsp3) is 0.750. The lowest BCUT2D eigenvalue weighted by atomic mass is 10.5. The van der Waals surface area contributed by atoms with Crippen LogP contribution >= 0.6 is 0 Å². The molecule has 6 heteroatoms. The van der Waals surface area contributed by atoms with Gasteiger partial charge in [0.25, 0.3) is 0 Å². The zero-order chi connectivity index (χ0) is 10.8. The maximum atomic E-state index is 11.0. The molecule has 2 amide bonds. The second-order valence-electron chi connectivity index (χ2n) is 2.67. The predicted octanol–water partition coefficient (Wildman–Crippen LogP) is -1.79. The van der Waals surface area contributed by atoms with E-state index in [4.69, 9.17) is 10.5 Å². The van der Waals surface area contributed by atoms with Gasteiger partial charge in [-0.3, -0.25) is 9.59 Å². The van der Waals surface area contributed by atoms with E-state index in [0.29, 0.717) is 26.2 Å². The van der Waals surface area contributed by atoms with Crippen LogP contribution in [-0.4, -0.2) is 44.7 Å². The molecule has 0 unspecified atom stereocenters. The lowest BCUT2D eigenvalue weighted by molar-refractivity contribution is -0.126. The molecular formula is C8H17N3O3. The number of nitrogens with one attached hydrogen (secondary N) is 2. The van der Waals surface area contributed by atoms with Gasteiger partial charge in [-0.2, -0.15) is 0 Å². The molecule has 0 aliphatic rings. The molecule has 0 spiro atoms. The maximum absolute atomic E-state index is 11.0. The summed E-state index contributed by atoms with van der Waals surface area (Å²) in [4.78, 5) is 21.4. The zero-order valence-corrected chi connectivity index (χ0v) is 8.34. The van der Waals surface area contributed by atoms with Crippen LogP contribution in [0.15, 0.2) is 0 Å². The van der Waals surface area contributed by atoms with Crippen molar-refractivity contribution < 1.29 is 14.3 Å². The second-order valence-corrected chi connectivity index (χ2v) is 2.67. The Morgan fingerprint density at radius 1 is 1.29 bits per heavy atom. The fourth-order valence-corrected chi connectivity index (χ4v) is 0.740. The van der Waals surface area contributed by atoms with Gasteiger partial charge in [0.05, 0.1) is 6.61 Å². The smallest absolute Gasteiger partial charge is 0.246 e. The Morgan fingerprint density at radius 2 is 1.93 bits per heavy atom. The molecule has 14 heavy (non-hydrogen) atoms. The molecule has 6 nitrogen and oxygen atoms in total. The summed E-state index contributed by atoms with van der Waals surface area (Å²) >= 11 is 0. The lowest BCUT2D eigenvalue weighted by Crippen LogP contribution is -2.35. The number of amides is 2. The largest absolute Gasteiger partial charge is 0.370 e. The zero-order valence-electron chi connectivity index (χ0n) is 8.34. The normalized spacial score (nSPS) is 9.57. The average Bonchev–Trinajstić information content (AvgIpc) is 2.13. The van der Waals surface area contributed by atoms with E-state index in [-0.39, 0.29) is 18.4 Å². The van der Waals surface area contributed by atoms with Gasteiger partial charge >= 0.3 is 0 Å². The molecule has 4 N–H and O–H groups in total. The average molecular weight is 203 g/mol. The highest BCUT2D eigenvalue weighted by molar-refractivity contribution is 5.77. The van der Waals surface area contributed by atoms with Gasteiger partial charge in [0, 0.05) is 26.6 Å². The number of ether oxygens (including phenoxy) is 1. The number of carbonyl (C=O) groups is 2. The van der Waals surface area contributed by atoms with Gasteiger partial charge in [-0.15, -0.1) is 0 Å². The van der Waals surface area contributed by atoms with Gasteiger partial charge in [0.2, 0.25) is 11.8 Å². The molecule has 0 rings (SSSR count). The summed E-state index contributed by atoms with van der Waals surface area (Å²) in [5, 5.41) is 5.13. The van der Waals surface area contributed by atoms with Crippen molar-refractivity contribution in [2.45, 2.75) is 6.92 Å². The Hall–Kier alpha value is -1.14. The standard InChI is InChI=1S/C8H17N3O3/c1-7(12)10-3-4-11-8(13)6-14-5-2-9/h2-6,9H2,1H3,(H,10,12)(H,11,13). The van der Waals surface area contributed by atoms with Crippen LogP contribution in [0, 0.1) is 0 Å². The number of hydrogen-bond acceptors (Lipinski definition) is 4. The van der Waals surface area contributed by atoms with Crippen LogP contribution in [0.4, 0.5) is 0 Å². The number of nitrogens with two attached hydrogens (primary N) is 1. The monoisotopic (exact) mass is 203 g/mol. The lowest BCUT2D eigenvalue weighted by Gasteiger charge is -2.05. The molecule has 0 radical (unpaired) electrons. The van der Waals surface area contributed by atoms with Crippen LogP contribution in [0.3, 0.4) is 0 Å². The van der Waals surface area contributed by atoms with Gasteiger partial charge in [-0.25, -0.2) is 0 Å². The summed E-state index contributed by atoms with van der Waals surface area (Å²) in [7, 11) is 0. The topological polar surface area (TPSA) is 93.5 Å². The Labute approximate surface area is 83.2 Å². The van der Waals surface area contributed by atoms with Crippen molar-refractivity contribution in [3.05, 3.63) is 0 Å².